The fourth-order valence-electron chi connectivity index (χ4n) is 2.37. The number of nitrogens with zero attached hydrogens (tertiary/aromatic N) is 1. The zero-order chi connectivity index (χ0) is 10.4. The largest absolute Gasteiger partial charge is 0.306 e. The molecular weight excluding hydrogens is 186 g/mol. The second-order valence-corrected chi connectivity index (χ2v) is 9.81. The first-order valence-electron chi connectivity index (χ1n) is 6.00. The van der Waals surface area contributed by atoms with Crippen LogP contribution in [0.2, 0.25) is 13.1 Å². The van der Waals surface area contributed by atoms with E-state index in [2.05, 4.69) is 36.7 Å². The molecule has 0 aliphatic carbocycles. The van der Waals surface area contributed by atoms with Gasteiger partial charge in [-0.25, -0.2) is 0 Å². The summed E-state index contributed by atoms with van der Waals surface area (Å²) in [6.07, 6.45) is 9.33. The molecule has 1 nitrogen and oxygen atoms in total. The van der Waals surface area contributed by atoms with Gasteiger partial charge < -0.3 is 4.90 Å². The quantitative estimate of drug-likeness (QED) is 0.648. The molecule has 1 heterocycles. The van der Waals surface area contributed by atoms with Gasteiger partial charge in [0.2, 0.25) is 0 Å². The van der Waals surface area contributed by atoms with E-state index in [9.17, 15) is 0 Å². The van der Waals surface area contributed by atoms with E-state index in [1.54, 1.807) is 0 Å². The molecule has 2 heteroatoms. The molecule has 0 aromatic heterocycles. The summed E-state index contributed by atoms with van der Waals surface area (Å²) in [6, 6.07) is 0. The first-order valence-corrected chi connectivity index (χ1v) is 9.29. The van der Waals surface area contributed by atoms with Gasteiger partial charge in [0.15, 0.2) is 0 Å². The lowest BCUT2D eigenvalue weighted by molar-refractivity contribution is 0.326. The zero-order valence-electron chi connectivity index (χ0n) is 10.1. The molecule has 0 spiro atoms. The van der Waals surface area contributed by atoms with E-state index in [0.717, 1.165) is 0 Å². The number of hydrogen-bond acceptors (Lipinski definition) is 1. The molecule has 1 fully saturated rings. The highest BCUT2D eigenvalue weighted by atomic mass is 28.3. The molecule has 0 aromatic carbocycles. The van der Waals surface area contributed by atoms with Crippen LogP contribution in [0.5, 0.6) is 0 Å². The third-order valence-electron chi connectivity index (χ3n) is 2.95. The van der Waals surface area contributed by atoms with Crippen LogP contribution in [0.1, 0.15) is 32.6 Å². The van der Waals surface area contributed by atoms with Gasteiger partial charge in [0.05, 0.1) is 8.07 Å². The maximum atomic E-state index is 2.69. The first kappa shape index (κ1) is 12.0. The van der Waals surface area contributed by atoms with E-state index in [1.807, 2.05) is 0 Å². The minimum atomic E-state index is -1.07. The van der Waals surface area contributed by atoms with Crippen molar-refractivity contribution in [2.24, 2.45) is 0 Å². The van der Waals surface area contributed by atoms with Crippen molar-refractivity contribution in [3.8, 4) is 0 Å². The minimum absolute atomic E-state index is 1.07. The van der Waals surface area contributed by atoms with E-state index in [-0.39, 0.29) is 0 Å². The Morgan fingerprint density at radius 1 is 1.07 bits per heavy atom. The van der Waals surface area contributed by atoms with Crippen molar-refractivity contribution in [2.45, 2.75) is 45.7 Å². The highest BCUT2D eigenvalue weighted by Gasteiger charge is 2.21. The Bertz CT molecular complexity index is 179. The van der Waals surface area contributed by atoms with E-state index in [0.29, 0.717) is 0 Å². The van der Waals surface area contributed by atoms with Crippen LogP contribution in [0.15, 0.2) is 11.8 Å². The van der Waals surface area contributed by atoms with Crippen molar-refractivity contribution in [1.82, 2.24) is 4.90 Å². The molecule has 82 valence electrons. The van der Waals surface area contributed by atoms with Gasteiger partial charge in [-0.05, 0) is 39.0 Å². The summed E-state index contributed by atoms with van der Waals surface area (Å²) in [7, 11) is -1.07. The zero-order valence-corrected chi connectivity index (χ0v) is 11.1. The third kappa shape index (κ3) is 4.42. The SMILES string of the molecule is CC=C[Si](C)(C)CN1CCCCCC1. The Hall–Kier alpha value is -0.0831. The van der Waals surface area contributed by atoms with E-state index < -0.39 is 8.07 Å². The minimum Gasteiger partial charge on any atom is -0.306 e. The first-order chi connectivity index (χ1) is 6.64. The smallest absolute Gasteiger partial charge is 0.0857 e. The highest BCUT2D eigenvalue weighted by Crippen LogP contribution is 2.13. The maximum Gasteiger partial charge on any atom is 0.0857 e. The molecule has 0 bridgehead atoms. The molecule has 0 amide bonds. The standard InChI is InChI=1S/C12H25NSi/c1-4-11-14(2,3)12-13-9-7-5-6-8-10-13/h4,11H,5-10,12H2,1-3H3. The molecule has 0 atom stereocenters. The van der Waals surface area contributed by atoms with Crippen molar-refractivity contribution >= 4 is 8.07 Å². The molecule has 0 N–H and O–H groups in total. The molecule has 0 aromatic rings. The Labute approximate surface area is 90.2 Å². The fourth-order valence-corrected chi connectivity index (χ4v) is 4.85. The topological polar surface area (TPSA) is 3.24 Å². The number of hydrogen-bond donors (Lipinski definition) is 0. The van der Waals surface area contributed by atoms with Gasteiger partial charge in [-0.15, -0.1) is 0 Å². The van der Waals surface area contributed by atoms with Crippen molar-refractivity contribution in [1.29, 1.82) is 0 Å². The van der Waals surface area contributed by atoms with Crippen LogP contribution in [-0.4, -0.2) is 32.2 Å². The van der Waals surface area contributed by atoms with Crippen molar-refractivity contribution < 1.29 is 0 Å². The normalized spacial score (nSPS) is 21.4. The van der Waals surface area contributed by atoms with Crippen molar-refractivity contribution in [3.63, 3.8) is 0 Å². The van der Waals surface area contributed by atoms with Crippen LogP contribution < -0.4 is 0 Å². The third-order valence-corrected chi connectivity index (χ3v) is 5.45. The average Bonchev–Trinajstić information content (AvgIpc) is 2.31. The molecule has 0 radical (unpaired) electrons. The van der Waals surface area contributed by atoms with Crippen LogP contribution in [0.25, 0.3) is 0 Å². The Morgan fingerprint density at radius 3 is 2.14 bits per heavy atom. The Kier molecular flexibility index (Phi) is 4.89. The fraction of sp³-hybridized carbons (Fsp3) is 0.833. The monoisotopic (exact) mass is 211 g/mol. The van der Waals surface area contributed by atoms with Crippen LogP contribution >= 0.6 is 0 Å². The molecule has 0 saturated carbocycles. The van der Waals surface area contributed by atoms with Gasteiger partial charge in [0.25, 0.3) is 0 Å². The van der Waals surface area contributed by atoms with E-state index in [1.165, 1.54) is 44.9 Å². The lowest BCUT2D eigenvalue weighted by Crippen LogP contribution is -2.41. The summed E-state index contributed by atoms with van der Waals surface area (Å²) in [6.45, 7) is 9.77. The van der Waals surface area contributed by atoms with Gasteiger partial charge in [-0.3, -0.25) is 0 Å². The molecular formula is C12H25NSi. The summed E-state index contributed by atoms with van der Waals surface area (Å²) in [5.41, 5.74) is 2.47. The molecule has 14 heavy (non-hydrogen) atoms. The second kappa shape index (κ2) is 5.71. The van der Waals surface area contributed by atoms with Gasteiger partial charge in [0.1, 0.15) is 0 Å². The molecule has 1 saturated heterocycles. The lowest BCUT2D eigenvalue weighted by atomic mass is 10.2. The van der Waals surface area contributed by atoms with Crippen LogP contribution in [0.3, 0.4) is 0 Å². The Balaban J connectivity index is 2.40. The van der Waals surface area contributed by atoms with Gasteiger partial charge >= 0.3 is 0 Å². The van der Waals surface area contributed by atoms with Crippen molar-refractivity contribution in [2.75, 3.05) is 19.3 Å². The van der Waals surface area contributed by atoms with Gasteiger partial charge in [0, 0.05) is 0 Å². The average molecular weight is 211 g/mol. The van der Waals surface area contributed by atoms with E-state index >= 15 is 0 Å². The van der Waals surface area contributed by atoms with Crippen molar-refractivity contribution in [3.05, 3.63) is 11.8 Å². The molecule has 1 aliphatic rings. The predicted molar refractivity (Wildman–Crippen MR) is 67.2 cm³/mol. The Morgan fingerprint density at radius 2 is 1.64 bits per heavy atom. The molecule has 0 unspecified atom stereocenters. The summed E-state index contributed by atoms with van der Waals surface area (Å²) in [5.74, 6) is 0. The molecule has 1 rings (SSSR count). The van der Waals surface area contributed by atoms with Gasteiger partial charge in [-0.2, -0.15) is 0 Å². The second-order valence-electron chi connectivity index (χ2n) is 5.18. The molecule has 1 aliphatic heterocycles. The predicted octanol–water partition coefficient (Wildman–Crippen LogP) is 3.23. The summed E-state index contributed by atoms with van der Waals surface area (Å²) >= 11 is 0. The van der Waals surface area contributed by atoms with Crippen LogP contribution in [-0.2, 0) is 0 Å². The number of likely N-dealkylation sites (tertiary alicyclic amines) is 1. The summed E-state index contributed by atoms with van der Waals surface area (Å²) < 4.78 is 0. The van der Waals surface area contributed by atoms with Gasteiger partial charge in [-0.1, -0.05) is 37.7 Å². The summed E-state index contributed by atoms with van der Waals surface area (Å²) in [4.78, 5) is 2.69. The maximum absolute atomic E-state index is 2.69. The highest BCUT2D eigenvalue weighted by molar-refractivity contribution is 6.82. The number of rotatable bonds is 3. The van der Waals surface area contributed by atoms with E-state index in [4.69, 9.17) is 0 Å². The van der Waals surface area contributed by atoms with Crippen LogP contribution in [0, 0.1) is 0 Å². The number of allylic oxidation sites excluding steroid dienone is 1. The van der Waals surface area contributed by atoms with Crippen LogP contribution in [0.4, 0.5) is 0 Å². The summed E-state index contributed by atoms with van der Waals surface area (Å²) in [5, 5.41) is 0. The lowest BCUT2D eigenvalue weighted by Gasteiger charge is -2.28.